The average Bonchev–Trinajstić information content (AvgIpc) is 2.75. The lowest BCUT2D eigenvalue weighted by Gasteiger charge is -1.92. The monoisotopic (exact) mass is 220 g/mol. The second-order valence-electron chi connectivity index (χ2n) is 3.46. The van der Waals surface area contributed by atoms with E-state index in [4.69, 9.17) is 0 Å². The van der Waals surface area contributed by atoms with Crippen molar-refractivity contribution in [1.82, 2.24) is 9.78 Å². The molecule has 78 valence electrons. The van der Waals surface area contributed by atoms with E-state index in [2.05, 4.69) is 11.2 Å². The number of Topliss-reactive ketones (excluding diaryl/α,β-unsaturated/α-hetero) is 1. The Labute approximate surface area is 92.4 Å². The number of carbonyl (C=O) groups excluding carboxylic acids is 1. The van der Waals surface area contributed by atoms with Crippen LogP contribution in [0.4, 0.5) is 0 Å². The summed E-state index contributed by atoms with van der Waals surface area (Å²) in [7, 11) is 1.80. The van der Waals surface area contributed by atoms with Crippen molar-refractivity contribution in [3.05, 3.63) is 39.8 Å². The van der Waals surface area contributed by atoms with Gasteiger partial charge in [0.15, 0.2) is 5.78 Å². The van der Waals surface area contributed by atoms with Crippen molar-refractivity contribution >= 4 is 17.1 Å². The number of aromatic nitrogens is 2. The number of carbonyl (C=O) groups is 1. The maximum atomic E-state index is 11.2. The Kier molecular flexibility index (Phi) is 2.68. The van der Waals surface area contributed by atoms with Crippen LogP contribution in [-0.2, 0) is 13.5 Å². The van der Waals surface area contributed by atoms with Crippen LogP contribution in [0.25, 0.3) is 0 Å². The van der Waals surface area contributed by atoms with Crippen LogP contribution in [0.5, 0.6) is 0 Å². The van der Waals surface area contributed by atoms with E-state index in [1.54, 1.807) is 30.0 Å². The fourth-order valence-corrected chi connectivity index (χ4v) is 2.25. The second kappa shape index (κ2) is 3.98. The van der Waals surface area contributed by atoms with Crippen LogP contribution < -0.4 is 0 Å². The first kappa shape index (κ1) is 10.1. The predicted octanol–water partition coefficient (Wildman–Crippen LogP) is 2.28. The van der Waals surface area contributed by atoms with E-state index in [9.17, 15) is 4.79 Å². The molecule has 0 aromatic carbocycles. The second-order valence-corrected chi connectivity index (χ2v) is 4.49. The molecule has 0 spiro atoms. The van der Waals surface area contributed by atoms with Crippen LogP contribution in [0.2, 0.25) is 0 Å². The third kappa shape index (κ3) is 2.15. The van der Waals surface area contributed by atoms with Gasteiger partial charge in [0, 0.05) is 25.3 Å². The number of ketones is 1. The molecule has 2 aromatic rings. The van der Waals surface area contributed by atoms with Crippen molar-refractivity contribution in [2.75, 3.05) is 0 Å². The maximum Gasteiger partial charge on any atom is 0.177 e. The fourth-order valence-electron chi connectivity index (χ4n) is 1.53. The summed E-state index contributed by atoms with van der Waals surface area (Å²) in [6.45, 7) is 1.56. The zero-order valence-electron chi connectivity index (χ0n) is 8.73. The van der Waals surface area contributed by atoms with E-state index < -0.39 is 0 Å². The van der Waals surface area contributed by atoms with Gasteiger partial charge in [-0.15, -0.1) is 11.3 Å². The highest BCUT2D eigenvalue weighted by molar-refractivity contribution is 7.09. The SMILES string of the molecule is CC(=O)c1cc(Cc2cccs2)nn1C. The van der Waals surface area contributed by atoms with Gasteiger partial charge in [-0.1, -0.05) is 6.07 Å². The molecule has 0 aliphatic carbocycles. The molecule has 0 saturated carbocycles. The Hall–Kier alpha value is -1.42. The van der Waals surface area contributed by atoms with Crippen molar-refractivity contribution in [3.8, 4) is 0 Å². The molecule has 0 aliphatic heterocycles. The topological polar surface area (TPSA) is 34.9 Å². The minimum Gasteiger partial charge on any atom is -0.293 e. The lowest BCUT2D eigenvalue weighted by molar-refractivity contribution is 0.100. The maximum absolute atomic E-state index is 11.2. The summed E-state index contributed by atoms with van der Waals surface area (Å²) in [6.07, 6.45) is 0.804. The van der Waals surface area contributed by atoms with Crippen LogP contribution in [0, 0.1) is 0 Å². The van der Waals surface area contributed by atoms with Gasteiger partial charge in [-0.25, -0.2) is 0 Å². The zero-order valence-corrected chi connectivity index (χ0v) is 9.54. The van der Waals surface area contributed by atoms with Gasteiger partial charge in [0.05, 0.1) is 5.69 Å². The van der Waals surface area contributed by atoms with E-state index in [1.165, 1.54) is 4.88 Å². The summed E-state index contributed by atoms with van der Waals surface area (Å²) >= 11 is 1.71. The normalized spacial score (nSPS) is 10.5. The average molecular weight is 220 g/mol. The molecule has 0 unspecified atom stereocenters. The fraction of sp³-hybridized carbons (Fsp3) is 0.273. The number of rotatable bonds is 3. The quantitative estimate of drug-likeness (QED) is 0.744. The summed E-state index contributed by atoms with van der Waals surface area (Å²) < 4.78 is 1.64. The van der Waals surface area contributed by atoms with Crippen LogP contribution in [0.1, 0.15) is 28.0 Å². The van der Waals surface area contributed by atoms with Gasteiger partial charge in [0.25, 0.3) is 0 Å². The van der Waals surface area contributed by atoms with Crippen molar-refractivity contribution in [1.29, 1.82) is 0 Å². The molecule has 15 heavy (non-hydrogen) atoms. The van der Waals surface area contributed by atoms with Gasteiger partial charge in [-0.05, 0) is 17.5 Å². The molecule has 0 aliphatic rings. The van der Waals surface area contributed by atoms with Gasteiger partial charge in [-0.2, -0.15) is 5.10 Å². The largest absolute Gasteiger partial charge is 0.293 e. The molecule has 0 N–H and O–H groups in total. The minimum atomic E-state index is 0.0578. The van der Waals surface area contributed by atoms with Crippen LogP contribution in [-0.4, -0.2) is 15.6 Å². The smallest absolute Gasteiger partial charge is 0.177 e. The third-order valence-corrected chi connectivity index (χ3v) is 3.10. The molecule has 3 nitrogen and oxygen atoms in total. The molecule has 2 aromatic heterocycles. The van der Waals surface area contributed by atoms with Crippen molar-refractivity contribution in [2.24, 2.45) is 7.05 Å². The van der Waals surface area contributed by atoms with E-state index >= 15 is 0 Å². The summed E-state index contributed by atoms with van der Waals surface area (Å²) in [5.41, 5.74) is 1.62. The summed E-state index contributed by atoms with van der Waals surface area (Å²) in [5, 5.41) is 6.36. The van der Waals surface area contributed by atoms with E-state index in [1.807, 2.05) is 17.5 Å². The van der Waals surface area contributed by atoms with Crippen LogP contribution >= 0.6 is 11.3 Å². The van der Waals surface area contributed by atoms with E-state index in [0.29, 0.717) is 5.69 Å². The Bertz CT molecular complexity index is 471. The predicted molar refractivity (Wildman–Crippen MR) is 60.3 cm³/mol. The minimum absolute atomic E-state index is 0.0578. The van der Waals surface area contributed by atoms with Crippen LogP contribution in [0.3, 0.4) is 0 Å². The third-order valence-electron chi connectivity index (χ3n) is 2.23. The molecule has 4 heteroatoms. The standard InChI is InChI=1S/C11H12N2OS/c1-8(14)11-7-9(12-13(11)2)6-10-4-3-5-15-10/h3-5,7H,6H2,1-2H3. The van der Waals surface area contributed by atoms with Crippen molar-refractivity contribution in [2.45, 2.75) is 13.3 Å². The van der Waals surface area contributed by atoms with Gasteiger partial charge in [0.2, 0.25) is 0 Å². The molecule has 0 fully saturated rings. The number of aryl methyl sites for hydroxylation is 1. The Morgan fingerprint density at radius 1 is 1.60 bits per heavy atom. The van der Waals surface area contributed by atoms with Gasteiger partial charge in [0.1, 0.15) is 5.69 Å². The highest BCUT2D eigenvalue weighted by Crippen LogP contribution is 2.14. The molecular formula is C11H12N2OS. The van der Waals surface area contributed by atoms with Crippen molar-refractivity contribution in [3.63, 3.8) is 0 Å². The number of hydrogen-bond donors (Lipinski definition) is 0. The summed E-state index contributed by atoms with van der Waals surface area (Å²) in [4.78, 5) is 12.5. The number of hydrogen-bond acceptors (Lipinski definition) is 3. The van der Waals surface area contributed by atoms with Gasteiger partial charge in [-0.3, -0.25) is 9.48 Å². The first-order valence-electron chi connectivity index (χ1n) is 4.73. The highest BCUT2D eigenvalue weighted by Gasteiger charge is 2.09. The molecular weight excluding hydrogens is 208 g/mol. The summed E-state index contributed by atoms with van der Waals surface area (Å²) in [6, 6.07) is 5.96. The van der Waals surface area contributed by atoms with Gasteiger partial charge < -0.3 is 0 Å². The molecule has 2 rings (SSSR count). The molecule has 2 heterocycles. The lowest BCUT2D eigenvalue weighted by Crippen LogP contribution is -2.02. The van der Waals surface area contributed by atoms with Crippen LogP contribution in [0.15, 0.2) is 23.6 Å². The Morgan fingerprint density at radius 3 is 2.93 bits per heavy atom. The molecule has 0 radical (unpaired) electrons. The molecule has 0 amide bonds. The van der Waals surface area contributed by atoms with E-state index in [0.717, 1.165) is 12.1 Å². The Morgan fingerprint density at radius 2 is 2.40 bits per heavy atom. The Balaban J connectivity index is 2.23. The lowest BCUT2D eigenvalue weighted by atomic mass is 10.2. The highest BCUT2D eigenvalue weighted by atomic mass is 32.1. The zero-order chi connectivity index (χ0) is 10.8. The molecule has 0 saturated heterocycles. The molecule has 0 atom stereocenters. The van der Waals surface area contributed by atoms with Gasteiger partial charge >= 0.3 is 0 Å². The van der Waals surface area contributed by atoms with Crippen molar-refractivity contribution < 1.29 is 4.79 Å². The number of thiophene rings is 1. The first-order valence-corrected chi connectivity index (χ1v) is 5.61. The van der Waals surface area contributed by atoms with E-state index in [-0.39, 0.29) is 5.78 Å². The summed E-state index contributed by atoms with van der Waals surface area (Å²) in [5.74, 6) is 0.0578. The molecule has 0 bridgehead atoms. The first-order chi connectivity index (χ1) is 7.16. The number of nitrogens with zero attached hydrogens (tertiary/aromatic N) is 2.